The molecule has 1 amide bonds. The number of pyridine rings is 1. The number of benzene rings is 1. The number of rotatable bonds is 4. The van der Waals surface area contributed by atoms with Crippen molar-refractivity contribution < 1.29 is 4.79 Å². The lowest BCUT2D eigenvalue weighted by Gasteiger charge is -2.11. The topological polar surface area (TPSA) is 56.0 Å². The summed E-state index contributed by atoms with van der Waals surface area (Å²) in [5.41, 5.74) is 9.82. The predicted molar refractivity (Wildman–Crippen MR) is 80.5 cm³/mol. The van der Waals surface area contributed by atoms with E-state index in [0.29, 0.717) is 0 Å². The second-order valence-electron chi connectivity index (χ2n) is 4.64. The van der Waals surface area contributed by atoms with Crippen LogP contribution < -0.4 is 5.73 Å². The molecule has 0 atom stereocenters. The molecule has 0 aliphatic heterocycles. The van der Waals surface area contributed by atoms with Crippen molar-refractivity contribution in [1.82, 2.24) is 4.98 Å². The molecule has 0 saturated carbocycles. The van der Waals surface area contributed by atoms with Crippen molar-refractivity contribution >= 4 is 28.6 Å². The number of nitrogens with zero attached hydrogens (tertiary/aromatic N) is 1. The van der Waals surface area contributed by atoms with E-state index < -0.39 is 0 Å². The number of thioether (sulfide) groups is 1. The third-order valence-electron chi connectivity index (χ3n) is 3.28. The van der Waals surface area contributed by atoms with Crippen molar-refractivity contribution in [2.24, 2.45) is 5.73 Å². The van der Waals surface area contributed by atoms with E-state index in [2.05, 4.69) is 39.0 Å². The number of carbonyl (C=O) groups excluding carboxylic acids is 1. The van der Waals surface area contributed by atoms with Gasteiger partial charge in [0.2, 0.25) is 5.91 Å². The van der Waals surface area contributed by atoms with Gasteiger partial charge >= 0.3 is 0 Å². The van der Waals surface area contributed by atoms with Crippen LogP contribution in [0.4, 0.5) is 0 Å². The van der Waals surface area contributed by atoms with E-state index in [4.69, 9.17) is 10.7 Å². The van der Waals surface area contributed by atoms with E-state index in [-0.39, 0.29) is 11.7 Å². The molecule has 0 saturated heterocycles. The van der Waals surface area contributed by atoms with Crippen molar-refractivity contribution in [1.29, 1.82) is 0 Å². The fraction of sp³-hybridized carbons (Fsp3) is 0.333. The first-order chi connectivity index (χ1) is 9.02. The van der Waals surface area contributed by atoms with Gasteiger partial charge in [0.25, 0.3) is 0 Å². The van der Waals surface area contributed by atoms with E-state index in [1.807, 2.05) is 0 Å². The van der Waals surface area contributed by atoms with Crippen molar-refractivity contribution in [3.8, 4) is 0 Å². The lowest BCUT2D eigenvalue weighted by atomic mass is 10.0. The van der Waals surface area contributed by atoms with Crippen LogP contribution in [0.1, 0.15) is 23.6 Å². The standard InChI is InChI=1S/C15H18N2OS/c1-4-11-7-12-6-5-9(2)10(3)14(12)17-15(11)19-8-13(16)18/h5-7H,4,8H2,1-3H3,(H2,16,18). The normalized spacial score (nSPS) is 10.9. The molecule has 19 heavy (non-hydrogen) atoms. The van der Waals surface area contributed by atoms with E-state index in [1.165, 1.54) is 28.5 Å². The van der Waals surface area contributed by atoms with Crippen LogP contribution >= 0.6 is 11.8 Å². The quantitative estimate of drug-likeness (QED) is 0.872. The zero-order chi connectivity index (χ0) is 14.0. The number of hydrogen-bond acceptors (Lipinski definition) is 3. The Kier molecular flexibility index (Phi) is 4.10. The molecule has 3 nitrogen and oxygen atoms in total. The van der Waals surface area contributed by atoms with Crippen LogP contribution in [0.2, 0.25) is 0 Å². The van der Waals surface area contributed by atoms with Crippen LogP contribution in [0.3, 0.4) is 0 Å². The second kappa shape index (κ2) is 5.61. The Morgan fingerprint density at radius 3 is 2.74 bits per heavy atom. The fourth-order valence-corrected chi connectivity index (χ4v) is 2.85. The molecule has 0 bridgehead atoms. The Morgan fingerprint density at radius 1 is 1.37 bits per heavy atom. The molecular weight excluding hydrogens is 256 g/mol. The third-order valence-corrected chi connectivity index (χ3v) is 4.34. The molecule has 2 N–H and O–H groups in total. The lowest BCUT2D eigenvalue weighted by Crippen LogP contribution is -2.13. The minimum Gasteiger partial charge on any atom is -0.369 e. The molecule has 1 aromatic heterocycles. The number of carbonyl (C=O) groups is 1. The zero-order valence-electron chi connectivity index (χ0n) is 11.5. The van der Waals surface area contributed by atoms with Crippen molar-refractivity contribution in [3.05, 3.63) is 34.9 Å². The Balaban J connectivity index is 2.55. The molecule has 2 aromatic rings. The SMILES string of the molecule is CCc1cc2ccc(C)c(C)c2nc1SCC(N)=O. The first kappa shape index (κ1) is 13.9. The highest BCUT2D eigenvalue weighted by molar-refractivity contribution is 7.99. The van der Waals surface area contributed by atoms with Gasteiger partial charge in [-0.15, -0.1) is 0 Å². The summed E-state index contributed by atoms with van der Waals surface area (Å²) in [5.74, 6) is -0.0361. The number of aromatic nitrogens is 1. The molecule has 0 aliphatic rings. The average Bonchev–Trinajstić information content (AvgIpc) is 2.40. The molecule has 0 radical (unpaired) electrons. The lowest BCUT2D eigenvalue weighted by molar-refractivity contribution is -0.115. The largest absolute Gasteiger partial charge is 0.369 e. The first-order valence-corrected chi connectivity index (χ1v) is 7.32. The summed E-state index contributed by atoms with van der Waals surface area (Å²) >= 11 is 1.42. The number of primary amides is 1. The van der Waals surface area contributed by atoms with Crippen molar-refractivity contribution in [2.45, 2.75) is 32.2 Å². The fourth-order valence-electron chi connectivity index (χ4n) is 2.03. The first-order valence-electron chi connectivity index (χ1n) is 6.34. The monoisotopic (exact) mass is 274 g/mol. The van der Waals surface area contributed by atoms with Gasteiger partial charge in [-0.3, -0.25) is 4.79 Å². The van der Waals surface area contributed by atoms with Crippen molar-refractivity contribution in [3.63, 3.8) is 0 Å². The minimum atomic E-state index is -0.310. The smallest absolute Gasteiger partial charge is 0.227 e. The Morgan fingerprint density at radius 2 is 2.11 bits per heavy atom. The maximum atomic E-state index is 10.9. The molecule has 1 aromatic carbocycles. The van der Waals surface area contributed by atoms with E-state index in [0.717, 1.165) is 22.3 Å². The maximum Gasteiger partial charge on any atom is 0.227 e. The van der Waals surface area contributed by atoms with E-state index >= 15 is 0 Å². The molecule has 0 unspecified atom stereocenters. The Bertz CT molecular complexity index is 638. The molecule has 2 rings (SSSR count). The molecule has 100 valence electrons. The van der Waals surface area contributed by atoms with Gasteiger partial charge in [-0.05, 0) is 43.0 Å². The Hall–Kier alpha value is -1.55. The van der Waals surface area contributed by atoms with Crippen LogP contribution in [0.5, 0.6) is 0 Å². The summed E-state index contributed by atoms with van der Waals surface area (Å²) in [5, 5.41) is 2.07. The minimum absolute atomic E-state index is 0.274. The van der Waals surface area contributed by atoms with Crippen LogP contribution in [-0.4, -0.2) is 16.6 Å². The number of nitrogens with two attached hydrogens (primary N) is 1. The summed E-state index contributed by atoms with van der Waals surface area (Å²) in [6.07, 6.45) is 0.900. The van der Waals surface area contributed by atoms with Gasteiger partial charge in [0.05, 0.1) is 11.3 Å². The van der Waals surface area contributed by atoms with E-state index in [1.54, 1.807) is 0 Å². The van der Waals surface area contributed by atoms with Crippen LogP contribution in [-0.2, 0) is 11.2 Å². The number of fused-ring (bicyclic) bond motifs is 1. The summed E-state index contributed by atoms with van der Waals surface area (Å²) in [6, 6.07) is 6.39. The molecule has 4 heteroatoms. The molecule has 0 spiro atoms. The summed E-state index contributed by atoms with van der Waals surface area (Å²) in [6.45, 7) is 6.26. The molecular formula is C15H18N2OS. The van der Waals surface area contributed by atoms with Gasteiger partial charge in [-0.1, -0.05) is 30.8 Å². The van der Waals surface area contributed by atoms with Crippen LogP contribution in [0, 0.1) is 13.8 Å². The predicted octanol–water partition coefficient (Wildman–Crippen LogP) is 2.99. The molecule has 0 fully saturated rings. The van der Waals surface area contributed by atoms with Crippen LogP contribution in [0.15, 0.2) is 23.2 Å². The molecule has 0 aliphatic carbocycles. The van der Waals surface area contributed by atoms with Gasteiger partial charge < -0.3 is 5.73 Å². The van der Waals surface area contributed by atoms with Crippen LogP contribution in [0.25, 0.3) is 10.9 Å². The number of aryl methyl sites for hydroxylation is 3. The third kappa shape index (κ3) is 2.89. The highest BCUT2D eigenvalue weighted by Crippen LogP contribution is 2.28. The van der Waals surface area contributed by atoms with Gasteiger partial charge in [0, 0.05) is 5.39 Å². The zero-order valence-corrected chi connectivity index (χ0v) is 12.3. The average molecular weight is 274 g/mol. The van der Waals surface area contributed by atoms with Gasteiger partial charge in [-0.2, -0.15) is 0 Å². The molecule has 1 heterocycles. The second-order valence-corrected chi connectivity index (χ2v) is 5.60. The maximum absolute atomic E-state index is 10.9. The number of hydrogen-bond donors (Lipinski definition) is 1. The Labute approximate surface area is 117 Å². The van der Waals surface area contributed by atoms with Gasteiger partial charge in [0.15, 0.2) is 0 Å². The number of amides is 1. The summed E-state index contributed by atoms with van der Waals surface area (Å²) < 4.78 is 0. The highest BCUT2D eigenvalue weighted by atomic mass is 32.2. The van der Waals surface area contributed by atoms with Gasteiger partial charge in [-0.25, -0.2) is 4.98 Å². The van der Waals surface area contributed by atoms with Crippen molar-refractivity contribution in [2.75, 3.05) is 5.75 Å². The highest BCUT2D eigenvalue weighted by Gasteiger charge is 2.10. The summed E-state index contributed by atoms with van der Waals surface area (Å²) in [7, 11) is 0. The van der Waals surface area contributed by atoms with E-state index in [9.17, 15) is 4.79 Å². The van der Waals surface area contributed by atoms with Gasteiger partial charge in [0.1, 0.15) is 5.03 Å². The summed E-state index contributed by atoms with van der Waals surface area (Å²) in [4.78, 5) is 15.7.